The van der Waals surface area contributed by atoms with Crippen LogP contribution in [0.4, 0.5) is 5.69 Å². The number of hydrogen-bond acceptors (Lipinski definition) is 7. The Morgan fingerprint density at radius 1 is 1.20 bits per heavy atom. The number of aromatic nitrogens is 1. The third-order valence-corrected chi connectivity index (χ3v) is 3.81. The van der Waals surface area contributed by atoms with Gasteiger partial charge in [0.1, 0.15) is 5.56 Å². The molecule has 0 fully saturated rings. The summed E-state index contributed by atoms with van der Waals surface area (Å²) in [6.45, 7) is 3.64. The molecule has 0 radical (unpaired) electrons. The van der Waals surface area contributed by atoms with E-state index in [-0.39, 0.29) is 28.0 Å². The highest BCUT2D eigenvalue weighted by atomic mass is 16.6. The Bertz CT molecular complexity index is 911. The lowest BCUT2D eigenvalue weighted by atomic mass is 10.0. The van der Waals surface area contributed by atoms with Gasteiger partial charge in [0.15, 0.2) is 5.75 Å². The van der Waals surface area contributed by atoms with Crippen molar-refractivity contribution < 1.29 is 28.7 Å². The van der Waals surface area contributed by atoms with Gasteiger partial charge in [-0.1, -0.05) is 6.58 Å². The van der Waals surface area contributed by atoms with E-state index in [2.05, 4.69) is 11.3 Å². The number of hydrogen-bond donors (Lipinski definition) is 0. The second-order valence-electron chi connectivity index (χ2n) is 5.01. The molecule has 0 aliphatic heterocycles. The molecule has 0 unspecified atom stereocenters. The van der Waals surface area contributed by atoms with Gasteiger partial charge in [0.25, 0.3) is 0 Å². The van der Waals surface area contributed by atoms with E-state index in [1.54, 1.807) is 13.1 Å². The van der Waals surface area contributed by atoms with Gasteiger partial charge in [-0.05, 0) is 12.1 Å². The van der Waals surface area contributed by atoms with Gasteiger partial charge < -0.3 is 18.8 Å². The Morgan fingerprint density at radius 3 is 2.32 bits per heavy atom. The lowest BCUT2D eigenvalue weighted by Gasteiger charge is -2.08. The van der Waals surface area contributed by atoms with Crippen LogP contribution in [0.5, 0.6) is 5.75 Å². The molecule has 0 saturated heterocycles. The quantitative estimate of drug-likeness (QED) is 0.352. The molecule has 25 heavy (non-hydrogen) atoms. The van der Waals surface area contributed by atoms with Crippen LogP contribution in [0.1, 0.15) is 16.1 Å². The van der Waals surface area contributed by atoms with Crippen molar-refractivity contribution in [1.82, 2.24) is 4.57 Å². The molecule has 0 atom stereocenters. The van der Waals surface area contributed by atoms with E-state index in [1.165, 1.54) is 24.9 Å². The molecular formula is C16H16N2O7. The third-order valence-electron chi connectivity index (χ3n) is 3.81. The molecule has 0 amide bonds. The molecule has 9 heteroatoms. The number of ether oxygens (including phenoxy) is 3. The van der Waals surface area contributed by atoms with Crippen LogP contribution in [0.25, 0.3) is 16.5 Å². The Labute approximate surface area is 142 Å². The monoisotopic (exact) mass is 348 g/mol. The first-order valence-electron chi connectivity index (χ1n) is 6.99. The van der Waals surface area contributed by atoms with Crippen molar-refractivity contribution in [2.75, 3.05) is 21.3 Å². The Morgan fingerprint density at radius 2 is 1.84 bits per heavy atom. The van der Waals surface area contributed by atoms with Crippen molar-refractivity contribution in [3.05, 3.63) is 40.1 Å². The highest BCUT2D eigenvalue weighted by molar-refractivity contribution is 6.22. The molecule has 2 rings (SSSR count). The molecule has 1 heterocycles. The summed E-state index contributed by atoms with van der Waals surface area (Å²) >= 11 is 0. The average molecular weight is 348 g/mol. The normalized spacial score (nSPS) is 10.4. The largest absolute Gasteiger partial charge is 0.490 e. The van der Waals surface area contributed by atoms with E-state index in [0.717, 1.165) is 7.11 Å². The minimum atomic E-state index is -0.845. The molecular weight excluding hydrogens is 332 g/mol. The van der Waals surface area contributed by atoms with E-state index in [0.29, 0.717) is 5.52 Å². The molecule has 1 aromatic carbocycles. The van der Waals surface area contributed by atoms with Crippen molar-refractivity contribution in [2.45, 2.75) is 0 Å². The fourth-order valence-electron chi connectivity index (χ4n) is 2.71. The van der Waals surface area contributed by atoms with Gasteiger partial charge in [0.2, 0.25) is 0 Å². The molecule has 1 aromatic heterocycles. The van der Waals surface area contributed by atoms with Crippen LogP contribution in [0, 0.1) is 10.1 Å². The van der Waals surface area contributed by atoms with Gasteiger partial charge in [-0.2, -0.15) is 0 Å². The number of carbonyl (C=O) groups excluding carboxylic acids is 2. The number of aryl methyl sites for hydroxylation is 1. The number of esters is 2. The summed E-state index contributed by atoms with van der Waals surface area (Å²) in [5, 5.41) is 11.6. The van der Waals surface area contributed by atoms with Gasteiger partial charge in [0, 0.05) is 7.05 Å². The SMILES string of the molecule is C=C(C(=O)OC)c1c(C(=O)OC)c2c([N+](=O)[O-])c(OC)ccc2n1C. The maximum atomic E-state index is 12.4. The molecule has 0 aliphatic rings. The van der Waals surface area contributed by atoms with E-state index in [1.807, 2.05) is 0 Å². The number of nitro benzene ring substituents is 1. The zero-order chi connectivity index (χ0) is 18.9. The number of nitrogens with zero attached hydrogens (tertiary/aromatic N) is 2. The maximum Gasteiger partial charge on any atom is 0.340 e. The van der Waals surface area contributed by atoms with Gasteiger partial charge in [-0.3, -0.25) is 10.1 Å². The number of carbonyl (C=O) groups is 2. The van der Waals surface area contributed by atoms with E-state index in [9.17, 15) is 19.7 Å². The van der Waals surface area contributed by atoms with Gasteiger partial charge in [-0.15, -0.1) is 0 Å². The lowest BCUT2D eigenvalue weighted by molar-refractivity contribution is -0.384. The smallest absolute Gasteiger partial charge is 0.340 e. The molecule has 0 bridgehead atoms. The van der Waals surface area contributed by atoms with Gasteiger partial charge in [0.05, 0.1) is 48.4 Å². The standard InChI is InChI=1S/C16H16N2O7/c1-8(15(19)24-4)13-12(16(20)25-5)11-9(17(13)2)6-7-10(23-3)14(11)18(21)22/h6-7H,1H2,2-5H3. The number of fused-ring (bicyclic) bond motifs is 1. The van der Waals surface area contributed by atoms with Crippen LogP contribution in [-0.4, -0.2) is 42.8 Å². The van der Waals surface area contributed by atoms with E-state index < -0.39 is 22.5 Å². The summed E-state index contributed by atoms with van der Waals surface area (Å²) in [5.41, 5.74) is -0.270. The first-order valence-corrected chi connectivity index (χ1v) is 6.99. The van der Waals surface area contributed by atoms with Crippen molar-refractivity contribution >= 4 is 34.1 Å². The van der Waals surface area contributed by atoms with Crippen LogP contribution in [0.2, 0.25) is 0 Å². The number of nitro groups is 1. The summed E-state index contributed by atoms with van der Waals surface area (Å²) in [5.74, 6) is -1.64. The minimum Gasteiger partial charge on any atom is -0.490 e. The van der Waals surface area contributed by atoms with Crippen molar-refractivity contribution in [1.29, 1.82) is 0 Å². The molecule has 0 N–H and O–H groups in total. The Hall–Kier alpha value is -3.36. The highest BCUT2D eigenvalue weighted by Gasteiger charge is 2.33. The molecule has 9 nitrogen and oxygen atoms in total. The minimum absolute atomic E-state index is 0.00115. The summed E-state index contributed by atoms with van der Waals surface area (Å²) in [7, 11) is 5.13. The van der Waals surface area contributed by atoms with Gasteiger partial charge >= 0.3 is 17.6 Å². The summed E-state index contributed by atoms with van der Waals surface area (Å²) < 4.78 is 15.9. The number of rotatable bonds is 5. The second kappa shape index (κ2) is 6.63. The van der Waals surface area contributed by atoms with E-state index in [4.69, 9.17) is 9.47 Å². The molecule has 0 saturated carbocycles. The molecule has 0 spiro atoms. The third kappa shape index (κ3) is 2.69. The maximum absolute atomic E-state index is 12.4. The van der Waals surface area contributed by atoms with Crippen molar-refractivity contribution in [3.63, 3.8) is 0 Å². The lowest BCUT2D eigenvalue weighted by Crippen LogP contribution is -2.12. The Balaban J connectivity index is 3.05. The molecule has 2 aromatic rings. The van der Waals surface area contributed by atoms with Crippen LogP contribution in [0.3, 0.4) is 0 Å². The summed E-state index contributed by atoms with van der Waals surface area (Å²) in [4.78, 5) is 35.2. The fourth-order valence-corrected chi connectivity index (χ4v) is 2.71. The summed E-state index contributed by atoms with van der Waals surface area (Å²) in [6, 6.07) is 2.95. The average Bonchev–Trinajstić information content (AvgIpc) is 2.91. The zero-order valence-corrected chi connectivity index (χ0v) is 14.1. The summed E-state index contributed by atoms with van der Waals surface area (Å²) in [6.07, 6.45) is 0. The number of methoxy groups -OCH3 is 3. The predicted molar refractivity (Wildman–Crippen MR) is 88.5 cm³/mol. The van der Waals surface area contributed by atoms with E-state index >= 15 is 0 Å². The second-order valence-corrected chi connectivity index (χ2v) is 5.01. The molecule has 0 aliphatic carbocycles. The molecule has 132 valence electrons. The first-order chi connectivity index (χ1) is 11.8. The topological polar surface area (TPSA) is 110 Å². The number of benzene rings is 1. The first kappa shape index (κ1) is 18.0. The van der Waals surface area contributed by atoms with Crippen molar-refractivity contribution in [2.24, 2.45) is 7.05 Å². The highest BCUT2D eigenvalue weighted by Crippen LogP contribution is 2.41. The predicted octanol–water partition coefficient (Wildman–Crippen LogP) is 2.07. The van der Waals surface area contributed by atoms with Crippen LogP contribution < -0.4 is 4.74 Å². The zero-order valence-electron chi connectivity index (χ0n) is 14.1. The fraction of sp³-hybridized carbons (Fsp3) is 0.250. The van der Waals surface area contributed by atoms with Crippen LogP contribution >= 0.6 is 0 Å². The Kier molecular flexibility index (Phi) is 4.77. The van der Waals surface area contributed by atoms with Crippen LogP contribution in [-0.2, 0) is 21.3 Å². The van der Waals surface area contributed by atoms with Gasteiger partial charge in [-0.25, -0.2) is 9.59 Å². The van der Waals surface area contributed by atoms with Crippen LogP contribution in [0.15, 0.2) is 18.7 Å². The van der Waals surface area contributed by atoms with Crippen molar-refractivity contribution in [3.8, 4) is 5.75 Å².